The highest BCUT2D eigenvalue weighted by Crippen LogP contribution is 2.27. The summed E-state index contributed by atoms with van der Waals surface area (Å²) in [5, 5.41) is 6.75. The van der Waals surface area contributed by atoms with Crippen LogP contribution >= 0.6 is 24.0 Å². The zero-order valence-corrected chi connectivity index (χ0v) is 21.0. The van der Waals surface area contributed by atoms with Gasteiger partial charge in [0.2, 0.25) is 11.8 Å². The summed E-state index contributed by atoms with van der Waals surface area (Å²) < 4.78 is 0. The first-order chi connectivity index (χ1) is 14.1. The Bertz CT molecular complexity index is 594. The molecule has 3 fully saturated rings. The molecule has 1 saturated carbocycles. The molecule has 2 amide bonds. The molecule has 2 aliphatic heterocycles. The number of piperidine rings is 1. The second-order valence-corrected chi connectivity index (χ2v) is 8.99. The lowest BCUT2D eigenvalue weighted by molar-refractivity contribution is -0.134. The van der Waals surface area contributed by atoms with Crippen LogP contribution in [0.1, 0.15) is 65.2 Å². The molecule has 0 bridgehead atoms. The molecule has 7 nitrogen and oxygen atoms in total. The SMILES string of the molecule is CCNC(=NCCC(=O)N1CCCC(C)C1)NC1CCN(C(=O)C2CCCC2)C1.I. The molecule has 2 unspecified atom stereocenters. The zero-order valence-electron chi connectivity index (χ0n) is 18.7. The van der Waals surface area contributed by atoms with Gasteiger partial charge < -0.3 is 20.4 Å². The van der Waals surface area contributed by atoms with E-state index in [4.69, 9.17) is 0 Å². The summed E-state index contributed by atoms with van der Waals surface area (Å²) in [6, 6.07) is 0.233. The maximum atomic E-state index is 12.6. The molecular formula is C22H40IN5O2. The summed E-state index contributed by atoms with van der Waals surface area (Å²) in [6.07, 6.45) is 8.24. The molecule has 2 atom stereocenters. The van der Waals surface area contributed by atoms with Gasteiger partial charge in [-0.25, -0.2) is 0 Å². The Morgan fingerprint density at radius 2 is 1.77 bits per heavy atom. The van der Waals surface area contributed by atoms with Gasteiger partial charge in [-0.3, -0.25) is 14.6 Å². The van der Waals surface area contributed by atoms with Gasteiger partial charge in [0.1, 0.15) is 0 Å². The number of aliphatic imine (C=N–C) groups is 1. The maximum Gasteiger partial charge on any atom is 0.225 e. The summed E-state index contributed by atoms with van der Waals surface area (Å²) in [6.45, 7) is 8.89. The first kappa shape index (κ1) is 25.2. The first-order valence-electron chi connectivity index (χ1n) is 11.7. The van der Waals surface area contributed by atoms with Crippen molar-refractivity contribution in [2.24, 2.45) is 16.8 Å². The van der Waals surface area contributed by atoms with Crippen LogP contribution < -0.4 is 10.6 Å². The van der Waals surface area contributed by atoms with Crippen molar-refractivity contribution >= 4 is 41.8 Å². The first-order valence-corrected chi connectivity index (χ1v) is 11.7. The van der Waals surface area contributed by atoms with Crippen LogP contribution in [0.2, 0.25) is 0 Å². The highest BCUT2D eigenvalue weighted by Gasteiger charge is 2.32. The van der Waals surface area contributed by atoms with Gasteiger partial charge in [0, 0.05) is 51.1 Å². The molecule has 0 radical (unpaired) electrons. The molecule has 3 rings (SSSR count). The number of nitrogens with one attached hydrogen (secondary N) is 2. The Hall–Kier alpha value is -1.06. The third kappa shape index (κ3) is 7.27. The summed E-state index contributed by atoms with van der Waals surface area (Å²) in [5.74, 6) is 2.17. The van der Waals surface area contributed by atoms with Crippen molar-refractivity contribution < 1.29 is 9.59 Å². The van der Waals surface area contributed by atoms with Gasteiger partial charge in [-0.05, 0) is 44.9 Å². The molecule has 172 valence electrons. The Morgan fingerprint density at radius 1 is 1.00 bits per heavy atom. The lowest BCUT2D eigenvalue weighted by Crippen LogP contribution is -2.45. The molecule has 0 aromatic carbocycles. The maximum absolute atomic E-state index is 12.6. The van der Waals surface area contributed by atoms with Crippen molar-refractivity contribution in [2.45, 2.75) is 71.3 Å². The minimum absolute atomic E-state index is 0. The normalized spacial score (nSPS) is 25.2. The van der Waals surface area contributed by atoms with Crippen molar-refractivity contribution in [2.75, 3.05) is 39.3 Å². The number of amides is 2. The quantitative estimate of drug-likeness (QED) is 0.313. The number of likely N-dealkylation sites (tertiary alicyclic amines) is 2. The van der Waals surface area contributed by atoms with E-state index in [-0.39, 0.29) is 41.8 Å². The molecule has 2 saturated heterocycles. The third-order valence-corrected chi connectivity index (χ3v) is 6.49. The predicted octanol–water partition coefficient (Wildman–Crippen LogP) is 2.60. The fourth-order valence-corrected chi connectivity index (χ4v) is 4.86. The number of hydrogen-bond acceptors (Lipinski definition) is 3. The van der Waals surface area contributed by atoms with Crippen molar-refractivity contribution in [1.82, 2.24) is 20.4 Å². The second kappa shape index (κ2) is 12.7. The van der Waals surface area contributed by atoms with E-state index in [0.29, 0.717) is 24.8 Å². The Labute approximate surface area is 198 Å². The summed E-state index contributed by atoms with van der Waals surface area (Å²) in [7, 11) is 0. The zero-order chi connectivity index (χ0) is 20.6. The van der Waals surface area contributed by atoms with Gasteiger partial charge in [0.25, 0.3) is 0 Å². The minimum Gasteiger partial charge on any atom is -0.357 e. The molecular weight excluding hydrogens is 493 g/mol. The average Bonchev–Trinajstić information content (AvgIpc) is 3.40. The molecule has 0 aromatic rings. The van der Waals surface area contributed by atoms with Crippen LogP contribution in [-0.4, -0.2) is 72.9 Å². The summed E-state index contributed by atoms with van der Waals surface area (Å²) in [4.78, 5) is 33.7. The molecule has 0 aromatic heterocycles. The number of guanidine groups is 1. The van der Waals surface area contributed by atoms with Gasteiger partial charge >= 0.3 is 0 Å². The van der Waals surface area contributed by atoms with Gasteiger partial charge in [-0.2, -0.15) is 0 Å². The third-order valence-electron chi connectivity index (χ3n) is 6.49. The van der Waals surface area contributed by atoms with Crippen LogP contribution in [-0.2, 0) is 9.59 Å². The van der Waals surface area contributed by atoms with E-state index in [1.54, 1.807) is 0 Å². The smallest absolute Gasteiger partial charge is 0.225 e. The monoisotopic (exact) mass is 533 g/mol. The van der Waals surface area contributed by atoms with Crippen LogP contribution in [0.3, 0.4) is 0 Å². The molecule has 8 heteroatoms. The van der Waals surface area contributed by atoms with Gasteiger partial charge in [-0.1, -0.05) is 19.8 Å². The lowest BCUT2D eigenvalue weighted by Gasteiger charge is -2.30. The summed E-state index contributed by atoms with van der Waals surface area (Å²) >= 11 is 0. The van der Waals surface area contributed by atoms with Crippen molar-refractivity contribution in [3.05, 3.63) is 0 Å². The molecule has 0 spiro atoms. The number of hydrogen-bond donors (Lipinski definition) is 2. The van der Waals surface area contributed by atoms with Crippen LogP contribution in [0, 0.1) is 11.8 Å². The van der Waals surface area contributed by atoms with E-state index >= 15 is 0 Å². The van der Waals surface area contributed by atoms with E-state index in [0.717, 1.165) is 64.4 Å². The number of carbonyl (C=O) groups is 2. The standard InChI is InChI=1S/C22H39N5O2.HI/c1-3-23-22(24-12-10-20(28)26-13-6-7-17(2)15-26)25-19-11-14-27(16-19)21(29)18-8-4-5-9-18;/h17-19H,3-16H2,1-2H3,(H2,23,24,25);1H. The molecule has 2 N–H and O–H groups in total. The Morgan fingerprint density at radius 3 is 2.47 bits per heavy atom. The highest BCUT2D eigenvalue weighted by atomic mass is 127. The van der Waals surface area contributed by atoms with Gasteiger partial charge in [0.05, 0.1) is 6.54 Å². The van der Waals surface area contributed by atoms with Crippen LogP contribution in [0.25, 0.3) is 0 Å². The lowest BCUT2D eigenvalue weighted by atomic mass is 10.00. The fourth-order valence-electron chi connectivity index (χ4n) is 4.86. The highest BCUT2D eigenvalue weighted by molar-refractivity contribution is 14.0. The van der Waals surface area contributed by atoms with E-state index in [9.17, 15) is 9.59 Å². The van der Waals surface area contributed by atoms with E-state index in [1.165, 1.54) is 19.3 Å². The summed E-state index contributed by atoms with van der Waals surface area (Å²) in [5.41, 5.74) is 0. The number of halogens is 1. The number of rotatable bonds is 6. The van der Waals surface area contributed by atoms with Gasteiger partial charge in [0.15, 0.2) is 5.96 Å². The van der Waals surface area contributed by atoms with E-state index < -0.39 is 0 Å². The number of nitrogens with zero attached hydrogens (tertiary/aromatic N) is 3. The fraction of sp³-hybridized carbons (Fsp3) is 0.864. The number of carbonyl (C=O) groups excluding carboxylic acids is 2. The van der Waals surface area contributed by atoms with Crippen LogP contribution in [0.4, 0.5) is 0 Å². The molecule has 3 aliphatic rings. The topological polar surface area (TPSA) is 77.0 Å². The van der Waals surface area contributed by atoms with Crippen LogP contribution in [0.15, 0.2) is 4.99 Å². The van der Waals surface area contributed by atoms with Crippen LogP contribution in [0.5, 0.6) is 0 Å². The Balaban J connectivity index is 0.00000320. The predicted molar refractivity (Wildman–Crippen MR) is 131 cm³/mol. The Kier molecular flexibility index (Phi) is 10.7. The second-order valence-electron chi connectivity index (χ2n) is 8.99. The van der Waals surface area contributed by atoms with E-state index in [2.05, 4.69) is 22.5 Å². The molecule has 1 aliphatic carbocycles. The minimum atomic E-state index is 0. The van der Waals surface area contributed by atoms with E-state index in [1.807, 2.05) is 16.7 Å². The molecule has 30 heavy (non-hydrogen) atoms. The average molecular weight is 533 g/mol. The van der Waals surface area contributed by atoms with Crippen molar-refractivity contribution in [1.29, 1.82) is 0 Å². The van der Waals surface area contributed by atoms with Crippen molar-refractivity contribution in [3.63, 3.8) is 0 Å². The largest absolute Gasteiger partial charge is 0.357 e. The molecule has 2 heterocycles. The van der Waals surface area contributed by atoms with Gasteiger partial charge in [-0.15, -0.1) is 24.0 Å². The van der Waals surface area contributed by atoms with Crippen molar-refractivity contribution in [3.8, 4) is 0 Å².